The molecule has 32 heavy (non-hydrogen) atoms. The summed E-state index contributed by atoms with van der Waals surface area (Å²) in [6.07, 6.45) is 3.66. The SMILES string of the molecule is CCCCOCc1cc(OC2(C(=O)O)CCC2)ccc1-c1cc(OC)cc(OCC)c1F. The normalized spacial score (nSPS) is 14.5. The van der Waals surface area contributed by atoms with Crippen molar-refractivity contribution < 1.29 is 33.2 Å². The van der Waals surface area contributed by atoms with Crippen molar-refractivity contribution in [3.63, 3.8) is 0 Å². The zero-order valence-corrected chi connectivity index (χ0v) is 18.9. The van der Waals surface area contributed by atoms with E-state index in [1.165, 1.54) is 13.2 Å². The van der Waals surface area contributed by atoms with Crippen molar-refractivity contribution in [3.05, 3.63) is 41.7 Å². The third kappa shape index (κ3) is 5.15. The number of aliphatic carboxylic acids is 1. The molecule has 0 aromatic heterocycles. The number of benzene rings is 2. The number of unbranched alkanes of at least 4 members (excludes halogenated alkanes) is 1. The fraction of sp³-hybridized carbons (Fsp3) is 0.480. The second-order valence-corrected chi connectivity index (χ2v) is 7.90. The Morgan fingerprint density at radius 1 is 1.12 bits per heavy atom. The van der Waals surface area contributed by atoms with E-state index in [1.54, 1.807) is 31.2 Å². The van der Waals surface area contributed by atoms with Gasteiger partial charge in [-0.2, -0.15) is 0 Å². The Morgan fingerprint density at radius 3 is 2.50 bits per heavy atom. The lowest BCUT2D eigenvalue weighted by Crippen LogP contribution is -2.50. The average Bonchev–Trinajstić information content (AvgIpc) is 2.75. The number of carboxylic acid groups (broad SMARTS) is 1. The van der Waals surface area contributed by atoms with E-state index >= 15 is 4.39 Å². The maximum Gasteiger partial charge on any atom is 0.348 e. The Labute approximate surface area is 188 Å². The van der Waals surface area contributed by atoms with Crippen molar-refractivity contribution >= 4 is 5.97 Å². The van der Waals surface area contributed by atoms with Crippen LogP contribution in [0.3, 0.4) is 0 Å². The van der Waals surface area contributed by atoms with Crippen LogP contribution in [0, 0.1) is 5.82 Å². The largest absolute Gasteiger partial charge is 0.497 e. The van der Waals surface area contributed by atoms with Crippen LogP contribution < -0.4 is 14.2 Å². The highest BCUT2D eigenvalue weighted by Crippen LogP contribution is 2.40. The van der Waals surface area contributed by atoms with E-state index in [1.807, 2.05) is 0 Å². The molecule has 0 radical (unpaired) electrons. The summed E-state index contributed by atoms with van der Waals surface area (Å²) in [6.45, 7) is 5.00. The quantitative estimate of drug-likeness (QED) is 0.428. The summed E-state index contributed by atoms with van der Waals surface area (Å²) < 4.78 is 37.8. The predicted octanol–water partition coefficient (Wildman–Crippen LogP) is 5.60. The van der Waals surface area contributed by atoms with E-state index in [2.05, 4.69) is 6.92 Å². The Kier molecular flexibility index (Phi) is 7.96. The summed E-state index contributed by atoms with van der Waals surface area (Å²) in [5, 5.41) is 9.60. The predicted molar refractivity (Wildman–Crippen MR) is 119 cm³/mol. The maximum absolute atomic E-state index is 15.3. The number of carboxylic acids is 1. The van der Waals surface area contributed by atoms with E-state index in [0.29, 0.717) is 54.2 Å². The summed E-state index contributed by atoms with van der Waals surface area (Å²) in [4.78, 5) is 11.7. The molecule has 1 N–H and O–H groups in total. The smallest absolute Gasteiger partial charge is 0.348 e. The highest BCUT2D eigenvalue weighted by molar-refractivity contribution is 5.79. The minimum absolute atomic E-state index is 0.110. The van der Waals surface area contributed by atoms with E-state index < -0.39 is 17.4 Å². The van der Waals surface area contributed by atoms with Crippen molar-refractivity contribution in [1.29, 1.82) is 0 Å². The topological polar surface area (TPSA) is 74.2 Å². The van der Waals surface area contributed by atoms with Gasteiger partial charge in [-0.05, 0) is 61.9 Å². The Morgan fingerprint density at radius 2 is 1.91 bits per heavy atom. The first-order valence-corrected chi connectivity index (χ1v) is 11.1. The molecule has 0 unspecified atom stereocenters. The summed E-state index contributed by atoms with van der Waals surface area (Å²) in [5.74, 6) is -0.439. The molecule has 0 atom stereocenters. The van der Waals surface area contributed by atoms with Crippen LogP contribution in [0.5, 0.6) is 17.2 Å². The molecule has 0 heterocycles. The van der Waals surface area contributed by atoms with E-state index in [4.69, 9.17) is 18.9 Å². The van der Waals surface area contributed by atoms with Gasteiger partial charge in [-0.15, -0.1) is 0 Å². The zero-order chi connectivity index (χ0) is 23.1. The molecule has 1 aliphatic carbocycles. The van der Waals surface area contributed by atoms with Gasteiger partial charge in [-0.25, -0.2) is 9.18 Å². The maximum atomic E-state index is 15.3. The first-order valence-electron chi connectivity index (χ1n) is 11.1. The van der Waals surface area contributed by atoms with E-state index in [-0.39, 0.29) is 12.4 Å². The molecule has 1 fully saturated rings. The van der Waals surface area contributed by atoms with Crippen LogP contribution in [0.1, 0.15) is 51.5 Å². The molecular weight excluding hydrogens is 415 g/mol. The summed E-state index contributed by atoms with van der Waals surface area (Å²) in [7, 11) is 1.52. The molecule has 0 saturated heterocycles. The molecule has 7 heteroatoms. The van der Waals surface area contributed by atoms with Crippen LogP contribution in [0.25, 0.3) is 11.1 Å². The highest BCUT2D eigenvalue weighted by Gasteiger charge is 2.47. The lowest BCUT2D eigenvalue weighted by molar-refractivity contribution is -0.163. The summed E-state index contributed by atoms with van der Waals surface area (Å²) in [6, 6.07) is 8.28. The van der Waals surface area contributed by atoms with Gasteiger partial charge in [0.15, 0.2) is 11.6 Å². The molecule has 2 aromatic rings. The van der Waals surface area contributed by atoms with Crippen molar-refractivity contribution in [1.82, 2.24) is 0 Å². The van der Waals surface area contributed by atoms with Gasteiger partial charge in [0.05, 0.1) is 20.3 Å². The van der Waals surface area contributed by atoms with Crippen LogP contribution in [0.15, 0.2) is 30.3 Å². The van der Waals surface area contributed by atoms with Gasteiger partial charge in [0.1, 0.15) is 11.5 Å². The minimum atomic E-state index is -1.19. The molecule has 174 valence electrons. The van der Waals surface area contributed by atoms with Crippen molar-refractivity contribution in [2.45, 2.75) is 58.2 Å². The van der Waals surface area contributed by atoms with Crippen LogP contribution in [0.4, 0.5) is 4.39 Å². The van der Waals surface area contributed by atoms with E-state index in [9.17, 15) is 9.90 Å². The van der Waals surface area contributed by atoms with Crippen LogP contribution in [0.2, 0.25) is 0 Å². The number of rotatable bonds is 12. The van der Waals surface area contributed by atoms with Gasteiger partial charge in [0.25, 0.3) is 0 Å². The number of halogens is 1. The molecule has 0 bridgehead atoms. The molecular formula is C25H31FO6. The van der Waals surface area contributed by atoms with Crippen LogP contribution in [-0.4, -0.2) is 37.0 Å². The van der Waals surface area contributed by atoms with Crippen molar-refractivity contribution in [2.24, 2.45) is 0 Å². The molecule has 0 amide bonds. The van der Waals surface area contributed by atoms with Gasteiger partial charge in [-0.1, -0.05) is 19.4 Å². The Hall–Kier alpha value is -2.80. The van der Waals surface area contributed by atoms with Gasteiger partial charge in [-0.3, -0.25) is 0 Å². The number of carbonyl (C=O) groups is 1. The van der Waals surface area contributed by atoms with Gasteiger partial charge < -0.3 is 24.1 Å². The summed E-state index contributed by atoms with van der Waals surface area (Å²) >= 11 is 0. The number of methoxy groups -OCH3 is 1. The second kappa shape index (κ2) is 10.7. The second-order valence-electron chi connectivity index (χ2n) is 7.90. The molecule has 3 rings (SSSR count). The monoisotopic (exact) mass is 446 g/mol. The summed E-state index contributed by atoms with van der Waals surface area (Å²) in [5.41, 5.74) is 0.452. The Balaban J connectivity index is 2.01. The molecule has 6 nitrogen and oxygen atoms in total. The number of ether oxygens (including phenoxy) is 4. The fourth-order valence-corrected chi connectivity index (χ4v) is 3.67. The minimum Gasteiger partial charge on any atom is -0.497 e. The van der Waals surface area contributed by atoms with Crippen LogP contribution >= 0.6 is 0 Å². The van der Waals surface area contributed by atoms with Gasteiger partial charge in [0, 0.05) is 18.2 Å². The Bertz CT molecular complexity index is 938. The van der Waals surface area contributed by atoms with Crippen molar-refractivity contribution in [2.75, 3.05) is 20.3 Å². The fourth-order valence-electron chi connectivity index (χ4n) is 3.67. The number of hydrogen-bond acceptors (Lipinski definition) is 5. The molecule has 0 aliphatic heterocycles. The zero-order valence-electron chi connectivity index (χ0n) is 18.9. The third-order valence-electron chi connectivity index (χ3n) is 5.68. The standard InChI is InChI=1S/C25H31FO6/c1-4-6-12-30-16-17-13-18(32-25(24(27)28)10-7-11-25)8-9-20(17)21-14-19(29-3)15-22(23(21)26)31-5-2/h8-9,13-15H,4-7,10-12,16H2,1-3H3,(H,27,28). The third-order valence-corrected chi connectivity index (χ3v) is 5.68. The lowest BCUT2D eigenvalue weighted by atomic mass is 9.80. The van der Waals surface area contributed by atoms with E-state index in [0.717, 1.165) is 19.3 Å². The average molecular weight is 447 g/mol. The highest BCUT2D eigenvalue weighted by atomic mass is 19.1. The van der Waals surface area contributed by atoms with Crippen molar-refractivity contribution in [3.8, 4) is 28.4 Å². The molecule has 1 saturated carbocycles. The molecule has 2 aromatic carbocycles. The number of hydrogen-bond donors (Lipinski definition) is 1. The van der Waals surface area contributed by atoms with Gasteiger partial charge >= 0.3 is 5.97 Å². The van der Waals surface area contributed by atoms with Crippen LogP contribution in [-0.2, 0) is 16.1 Å². The molecule has 0 spiro atoms. The lowest BCUT2D eigenvalue weighted by Gasteiger charge is -2.37. The van der Waals surface area contributed by atoms with Gasteiger partial charge in [0.2, 0.25) is 5.60 Å². The first kappa shape index (κ1) is 23.9. The first-order chi connectivity index (χ1) is 15.4. The molecule has 1 aliphatic rings.